The molecular weight excluding hydrogens is 295 g/mol. The third kappa shape index (κ3) is 3.29. The maximum Gasteiger partial charge on any atom is 0.265 e. The minimum Gasteiger partial charge on any atom is -0.479 e. The molecule has 1 aromatic heterocycles. The lowest BCUT2D eigenvalue weighted by molar-refractivity contribution is -0.122. The first kappa shape index (κ1) is 15.0. The number of fused-ring (bicyclic) bond motifs is 1. The van der Waals surface area contributed by atoms with E-state index in [-0.39, 0.29) is 5.69 Å². The zero-order valence-corrected chi connectivity index (χ0v) is 12.5. The summed E-state index contributed by atoms with van der Waals surface area (Å²) in [4.78, 5) is 16.5. The van der Waals surface area contributed by atoms with Gasteiger partial charge in [0.15, 0.2) is 6.10 Å². The smallest absolute Gasteiger partial charge is 0.265 e. The first-order valence-corrected chi connectivity index (χ1v) is 7.21. The molecule has 23 heavy (non-hydrogen) atoms. The minimum absolute atomic E-state index is 0.129. The molecule has 0 spiro atoms. The van der Waals surface area contributed by atoms with Crippen molar-refractivity contribution in [2.45, 2.75) is 13.0 Å². The predicted octanol–water partition coefficient (Wildman–Crippen LogP) is 3.78. The number of aromatic nitrogens is 1. The Morgan fingerprint density at radius 1 is 1.13 bits per heavy atom. The quantitative estimate of drug-likeness (QED) is 0.798. The molecule has 3 aromatic rings. The fourth-order valence-electron chi connectivity index (χ4n) is 2.21. The van der Waals surface area contributed by atoms with Gasteiger partial charge in [0.1, 0.15) is 17.1 Å². The number of pyridine rings is 1. The Morgan fingerprint density at radius 2 is 1.91 bits per heavy atom. The summed E-state index contributed by atoms with van der Waals surface area (Å²) in [6.07, 6.45) is 0.876. The van der Waals surface area contributed by atoms with Crippen molar-refractivity contribution in [3.8, 4) is 5.75 Å². The van der Waals surface area contributed by atoms with Crippen LogP contribution in [0.3, 0.4) is 0 Å². The third-order valence-electron chi connectivity index (χ3n) is 3.40. The standard InChI is InChI=1S/C18H15FN2O2/c1-12(18(22)21-15-9-3-2-8-14(15)19)23-16-10-4-6-13-7-5-11-20-17(13)16/h2-12H,1H3,(H,21,22)/t12-/m0/s1. The molecule has 5 heteroatoms. The van der Waals surface area contributed by atoms with E-state index in [0.717, 1.165) is 5.39 Å². The van der Waals surface area contributed by atoms with E-state index >= 15 is 0 Å². The highest BCUT2D eigenvalue weighted by Gasteiger charge is 2.17. The van der Waals surface area contributed by atoms with E-state index in [4.69, 9.17) is 4.74 Å². The van der Waals surface area contributed by atoms with Gasteiger partial charge >= 0.3 is 0 Å². The Morgan fingerprint density at radius 3 is 2.74 bits per heavy atom. The normalized spacial score (nSPS) is 11.9. The number of carbonyl (C=O) groups is 1. The fraction of sp³-hybridized carbons (Fsp3) is 0.111. The van der Waals surface area contributed by atoms with E-state index in [1.54, 1.807) is 31.3 Å². The monoisotopic (exact) mass is 310 g/mol. The summed E-state index contributed by atoms with van der Waals surface area (Å²) < 4.78 is 19.3. The number of benzene rings is 2. The Bertz CT molecular complexity index is 846. The number of nitrogens with zero attached hydrogens (tertiary/aromatic N) is 1. The molecule has 116 valence electrons. The van der Waals surface area contributed by atoms with Crippen molar-refractivity contribution in [1.29, 1.82) is 0 Å². The molecule has 0 aliphatic rings. The average Bonchev–Trinajstić information content (AvgIpc) is 2.57. The van der Waals surface area contributed by atoms with Crippen molar-refractivity contribution in [2.24, 2.45) is 0 Å². The van der Waals surface area contributed by atoms with Gasteiger partial charge in [-0.05, 0) is 31.2 Å². The van der Waals surface area contributed by atoms with Gasteiger partial charge in [0.2, 0.25) is 0 Å². The van der Waals surface area contributed by atoms with E-state index < -0.39 is 17.8 Å². The molecule has 1 N–H and O–H groups in total. The molecule has 0 aliphatic carbocycles. The predicted molar refractivity (Wildman–Crippen MR) is 86.9 cm³/mol. The largest absolute Gasteiger partial charge is 0.479 e. The Kier molecular flexibility index (Phi) is 4.19. The van der Waals surface area contributed by atoms with E-state index in [1.807, 2.05) is 24.3 Å². The first-order valence-electron chi connectivity index (χ1n) is 7.21. The second kappa shape index (κ2) is 6.44. The maximum atomic E-state index is 13.6. The van der Waals surface area contributed by atoms with Gasteiger partial charge in [-0.2, -0.15) is 0 Å². The topological polar surface area (TPSA) is 51.2 Å². The maximum absolute atomic E-state index is 13.6. The third-order valence-corrected chi connectivity index (χ3v) is 3.40. The Hall–Kier alpha value is -2.95. The van der Waals surface area contributed by atoms with Crippen LogP contribution in [-0.4, -0.2) is 17.0 Å². The molecular formula is C18H15FN2O2. The van der Waals surface area contributed by atoms with Crippen LogP contribution in [0.25, 0.3) is 10.9 Å². The summed E-state index contributed by atoms with van der Waals surface area (Å²) in [5, 5.41) is 3.44. The number of carbonyl (C=O) groups excluding carboxylic acids is 1. The summed E-state index contributed by atoms with van der Waals surface area (Å²) in [6, 6.07) is 15.3. The molecule has 0 bridgehead atoms. The summed E-state index contributed by atoms with van der Waals surface area (Å²) in [5.41, 5.74) is 0.810. The molecule has 1 amide bonds. The fourth-order valence-corrected chi connectivity index (χ4v) is 2.21. The number of hydrogen-bond donors (Lipinski definition) is 1. The summed E-state index contributed by atoms with van der Waals surface area (Å²) in [5.74, 6) is -0.401. The molecule has 0 fully saturated rings. The molecule has 4 nitrogen and oxygen atoms in total. The van der Waals surface area contributed by atoms with Crippen molar-refractivity contribution < 1.29 is 13.9 Å². The van der Waals surface area contributed by atoms with Gasteiger partial charge in [0, 0.05) is 11.6 Å². The van der Waals surface area contributed by atoms with Crippen molar-refractivity contribution in [2.75, 3.05) is 5.32 Å². The van der Waals surface area contributed by atoms with Crippen molar-refractivity contribution in [3.63, 3.8) is 0 Å². The molecule has 0 aliphatic heterocycles. The number of anilines is 1. The van der Waals surface area contributed by atoms with Crippen LogP contribution in [0.4, 0.5) is 10.1 Å². The van der Waals surface area contributed by atoms with E-state index in [2.05, 4.69) is 10.3 Å². The number of nitrogens with one attached hydrogen (secondary N) is 1. The summed E-state index contributed by atoms with van der Waals surface area (Å²) in [7, 11) is 0. The van der Waals surface area contributed by atoms with Crippen LogP contribution in [-0.2, 0) is 4.79 Å². The Labute approximate surface area is 132 Å². The first-order chi connectivity index (χ1) is 11.1. The highest BCUT2D eigenvalue weighted by atomic mass is 19.1. The van der Waals surface area contributed by atoms with Gasteiger partial charge in [-0.1, -0.05) is 30.3 Å². The number of ether oxygens (including phenoxy) is 1. The van der Waals surface area contributed by atoms with Crippen LogP contribution in [0.5, 0.6) is 5.75 Å². The number of amides is 1. The zero-order valence-electron chi connectivity index (χ0n) is 12.5. The van der Waals surface area contributed by atoms with E-state index in [9.17, 15) is 9.18 Å². The van der Waals surface area contributed by atoms with Crippen molar-refractivity contribution >= 4 is 22.5 Å². The molecule has 1 atom stereocenters. The zero-order chi connectivity index (χ0) is 16.2. The van der Waals surface area contributed by atoms with Crippen LogP contribution in [0.15, 0.2) is 60.8 Å². The molecule has 0 saturated heterocycles. The van der Waals surface area contributed by atoms with Gasteiger partial charge in [-0.25, -0.2) is 4.39 Å². The average molecular weight is 310 g/mol. The van der Waals surface area contributed by atoms with Crippen LogP contribution in [0.1, 0.15) is 6.92 Å². The second-order valence-corrected chi connectivity index (χ2v) is 5.06. The second-order valence-electron chi connectivity index (χ2n) is 5.06. The molecule has 0 saturated carbocycles. The van der Waals surface area contributed by atoms with Gasteiger partial charge in [-0.3, -0.25) is 9.78 Å². The van der Waals surface area contributed by atoms with Gasteiger partial charge < -0.3 is 10.1 Å². The molecule has 2 aromatic carbocycles. The Balaban J connectivity index is 1.77. The lowest BCUT2D eigenvalue weighted by atomic mass is 10.2. The van der Waals surface area contributed by atoms with Crippen LogP contribution in [0, 0.1) is 5.82 Å². The number of halogens is 1. The minimum atomic E-state index is -0.790. The van der Waals surface area contributed by atoms with Crippen LogP contribution >= 0.6 is 0 Å². The molecule has 3 rings (SSSR count). The SMILES string of the molecule is C[C@H](Oc1cccc2cccnc12)C(=O)Nc1ccccc1F. The van der Waals surface area contributed by atoms with Crippen molar-refractivity contribution in [3.05, 3.63) is 66.6 Å². The van der Waals surface area contributed by atoms with Gasteiger partial charge in [0.05, 0.1) is 5.69 Å². The van der Waals surface area contributed by atoms with Crippen LogP contribution in [0.2, 0.25) is 0 Å². The number of para-hydroxylation sites is 2. The van der Waals surface area contributed by atoms with E-state index in [1.165, 1.54) is 12.1 Å². The lowest BCUT2D eigenvalue weighted by Gasteiger charge is -2.16. The number of hydrogen-bond acceptors (Lipinski definition) is 3. The van der Waals surface area contributed by atoms with Crippen molar-refractivity contribution in [1.82, 2.24) is 4.98 Å². The molecule has 0 unspecified atom stereocenters. The molecule has 0 radical (unpaired) electrons. The highest BCUT2D eigenvalue weighted by molar-refractivity contribution is 5.94. The summed E-state index contributed by atoms with van der Waals surface area (Å²) >= 11 is 0. The highest BCUT2D eigenvalue weighted by Crippen LogP contribution is 2.24. The molecule has 1 heterocycles. The van der Waals surface area contributed by atoms with Gasteiger partial charge in [-0.15, -0.1) is 0 Å². The van der Waals surface area contributed by atoms with Gasteiger partial charge in [0.25, 0.3) is 5.91 Å². The van der Waals surface area contributed by atoms with Crippen LogP contribution < -0.4 is 10.1 Å². The summed E-state index contributed by atoms with van der Waals surface area (Å²) in [6.45, 7) is 1.61. The van der Waals surface area contributed by atoms with E-state index in [0.29, 0.717) is 11.3 Å². The number of rotatable bonds is 4. The lowest BCUT2D eigenvalue weighted by Crippen LogP contribution is -2.30.